The quantitative estimate of drug-likeness (QED) is 0.293. The maximum absolute atomic E-state index is 14.2. The number of thiazole rings is 1. The summed E-state index contributed by atoms with van der Waals surface area (Å²) in [4.78, 5) is 35.6. The summed E-state index contributed by atoms with van der Waals surface area (Å²) in [6.45, 7) is 6.25. The molecule has 0 aliphatic carbocycles. The Hall–Kier alpha value is -4.43. The van der Waals surface area contributed by atoms with Crippen molar-refractivity contribution < 1.29 is 14.3 Å². The van der Waals surface area contributed by atoms with E-state index in [2.05, 4.69) is 30.0 Å². The van der Waals surface area contributed by atoms with Crippen molar-refractivity contribution in [2.24, 2.45) is 4.99 Å². The Morgan fingerprint density at radius 1 is 1.05 bits per heavy atom. The summed E-state index contributed by atoms with van der Waals surface area (Å²) in [5.74, 6) is 0.125. The predicted molar refractivity (Wildman–Crippen MR) is 167 cm³/mol. The van der Waals surface area contributed by atoms with Gasteiger partial charge < -0.3 is 14.4 Å². The maximum Gasteiger partial charge on any atom is 0.338 e. The molecular weight excluding hydrogens is 546 g/mol. The Morgan fingerprint density at radius 3 is 2.55 bits per heavy atom. The Kier molecular flexibility index (Phi) is 7.80. The zero-order chi connectivity index (χ0) is 29.2. The van der Waals surface area contributed by atoms with Gasteiger partial charge in [-0.2, -0.15) is 0 Å². The molecule has 1 saturated heterocycles. The van der Waals surface area contributed by atoms with Crippen molar-refractivity contribution in [3.8, 4) is 5.75 Å². The lowest BCUT2D eigenvalue weighted by Gasteiger charge is -2.26. The van der Waals surface area contributed by atoms with E-state index in [0.29, 0.717) is 26.4 Å². The summed E-state index contributed by atoms with van der Waals surface area (Å²) in [6.07, 6.45) is 4.36. The second-order valence-corrected chi connectivity index (χ2v) is 11.5. The molecule has 8 heteroatoms. The van der Waals surface area contributed by atoms with Crippen LogP contribution in [-0.4, -0.2) is 37.3 Å². The van der Waals surface area contributed by atoms with E-state index in [0.717, 1.165) is 29.8 Å². The van der Waals surface area contributed by atoms with Crippen LogP contribution in [0.1, 0.15) is 48.1 Å². The Bertz CT molecular complexity index is 1850. The Morgan fingerprint density at radius 2 is 1.83 bits per heavy atom. The molecule has 214 valence electrons. The summed E-state index contributed by atoms with van der Waals surface area (Å²) < 4.78 is 13.2. The number of aryl methyl sites for hydroxylation is 1. The predicted octanol–water partition coefficient (Wildman–Crippen LogP) is 4.85. The van der Waals surface area contributed by atoms with Gasteiger partial charge in [0.1, 0.15) is 5.75 Å². The van der Waals surface area contributed by atoms with Crippen LogP contribution in [0.25, 0.3) is 11.8 Å². The van der Waals surface area contributed by atoms with E-state index in [1.54, 1.807) is 18.6 Å². The number of benzene rings is 3. The van der Waals surface area contributed by atoms with Crippen LogP contribution in [0.4, 0.5) is 5.69 Å². The van der Waals surface area contributed by atoms with Gasteiger partial charge in [0.25, 0.3) is 5.56 Å². The van der Waals surface area contributed by atoms with Gasteiger partial charge in [-0.1, -0.05) is 59.9 Å². The minimum absolute atomic E-state index is 0.201. The number of anilines is 1. The summed E-state index contributed by atoms with van der Waals surface area (Å²) in [5.41, 5.74) is 5.51. The van der Waals surface area contributed by atoms with Crippen molar-refractivity contribution in [3.63, 3.8) is 0 Å². The lowest BCUT2D eigenvalue weighted by molar-refractivity contribution is -0.138. The highest BCUT2D eigenvalue weighted by molar-refractivity contribution is 7.07. The minimum Gasteiger partial charge on any atom is -0.497 e. The van der Waals surface area contributed by atoms with Crippen LogP contribution in [0.3, 0.4) is 0 Å². The van der Waals surface area contributed by atoms with Crippen LogP contribution in [0, 0.1) is 6.92 Å². The molecule has 2 aliphatic rings. The van der Waals surface area contributed by atoms with E-state index in [1.807, 2.05) is 60.7 Å². The number of hydrogen-bond donors (Lipinski definition) is 0. The van der Waals surface area contributed by atoms with E-state index in [4.69, 9.17) is 14.5 Å². The SMILES string of the molecule is CCOC(=O)C1=C(c2ccccc2)N=c2s/c(=C/c3ccc(N4CCCC4)c(C)c3)c(=O)n2[C@H]1c1cccc(OC)c1. The van der Waals surface area contributed by atoms with Crippen molar-refractivity contribution >= 4 is 34.8 Å². The summed E-state index contributed by atoms with van der Waals surface area (Å²) in [5, 5.41) is 0. The second-order valence-electron chi connectivity index (χ2n) is 10.4. The van der Waals surface area contributed by atoms with E-state index < -0.39 is 12.0 Å². The fourth-order valence-electron chi connectivity index (χ4n) is 5.80. The standard InChI is InChI=1S/C34H33N3O4S/c1-4-41-33(39)29-30(24-11-6-5-7-12-24)35-34-37(31(29)25-13-10-14-26(21-25)40-3)32(38)28(42-34)20-23-15-16-27(22(2)19-23)36-17-8-9-18-36/h5-7,10-16,19-21,31H,4,8-9,17-18H2,1-3H3/b28-20+/t31-/m0/s1. The molecule has 3 aromatic carbocycles. The number of carbonyl (C=O) groups excluding carboxylic acids is 1. The van der Waals surface area contributed by atoms with E-state index in [1.165, 1.54) is 35.4 Å². The van der Waals surface area contributed by atoms with Crippen molar-refractivity contribution in [2.75, 3.05) is 31.7 Å². The second kappa shape index (κ2) is 11.8. The normalized spacial score (nSPS) is 16.8. The highest BCUT2D eigenvalue weighted by atomic mass is 32.1. The maximum atomic E-state index is 14.2. The molecule has 2 aliphatic heterocycles. The van der Waals surface area contributed by atoms with Crippen molar-refractivity contribution in [1.82, 2.24) is 4.57 Å². The molecule has 0 radical (unpaired) electrons. The Labute approximate surface area is 248 Å². The average molecular weight is 580 g/mol. The number of rotatable bonds is 7. The van der Waals surface area contributed by atoms with Crippen molar-refractivity contribution in [1.29, 1.82) is 0 Å². The molecule has 6 rings (SSSR count). The van der Waals surface area contributed by atoms with Gasteiger partial charge in [-0.3, -0.25) is 9.36 Å². The number of aromatic nitrogens is 1. The lowest BCUT2D eigenvalue weighted by Crippen LogP contribution is -2.40. The first-order chi connectivity index (χ1) is 20.5. The number of esters is 1. The molecule has 0 bridgehead atoms. The van der Waals surface area contributed by atoms with E-state index in [9.17, 15) is 9.59 Å². The molecule has 3 heterocycles. The van der Waals surface area contributed by atoms with Crippen LogP contribution in [0.2, 0.25) is 0 Å². The molecule has 0 N–H and O–H groups in total. The average Bonchev–Trinajstić information content (AvgIpc) is 3.65. The number of methoxy groups -OCH3 is 1. The molecule has 0 unspecified atom stereocenters. The molecule has 0 spiro atoms. The molecule has 1 atom stereocenters. The lowest BCUT2D eigenvalue weighted by atomic mass is 9.93. The number of carbonyl (C=O) groups is 1. The van der Waals surface area contributed by atoms with Crippen LogP contribution < -0.4 is 24.5 Å². The van der Waals surface area contributed by atoms with Gasteiger partial charge >= 0.3 is 5.97 Å². The largest absolute Gasteiger partial charge is 0.497 e. The van der Waals surface area contributed by atoms with Gasteiger partial charge in [-0.05, 0) is 73.7 Å². The van der Waals surface area contributed by atoms with Crippen LogP contribution in [0.15, 0.2) is 88.2 Å². The van der Waals surface area contributed by atoms with Crippen LogP contribution in [0.5, 0.6) is 5.75 Å². The van der Waals surface area contributed by atoms with Gasteiger partial charge in [0.15, 0.2) is 4.80 Å². The first kappa shape index (κ1) is 27.7. The number of hydrogen-bond acceptors (Lipinski definition) is 7. The third-order valence-corrected chi connectivity index (χ3v) is 8.73. The molecule has 4 aromatic rings. The van der Waals surface area contributed by atoms with E-state index in [-0.39, 0.29) is 12.2 Å². The first-order valence-electron chi connectivity index (χ1n) is 14.3. The van der Waals surface area contributed by atoms with Crippen molar-refractivity contribution in [2.45, 2.75) is 32.7 Å². The Balaban J connectivity index is 1.56. The van der Waals surface area contributed by atoms with Crippen LogP contribution in [-0.2, 0) is 9.53 Å². The summed E-state index contributed by atoms with van der Waals surface area (Å²) in [7, 11) is 1.60. The molecule has 1 fully saturated rings. The minimum atomic E-state index is -0.743. The first-order valence-corrected chi connectivity index (χ1v) is 15.1. The topological polar surface area (TPSA) is 73.1 Å². The van der Waals surface area contributed by atoms with Gasteiger partial charge in [-0.15, -0.1) is 0 Å². The fourth-order valence-corrected chi connectivity index (χ4v) is 6.80. The fraction of sp³-hybridized carbons (Fsp3) is 0.265. The third-order valence-electron chi connectivity index (χ3n) is 7.75. The van der Waals surface area contributed by atoms with Crippen molar-refractivity contribution in [3.05, 3.63) is 120 Å². The summed E-state index contributed by atoms with van der Waals surface area (Å²) >= 11 is 1.33. The molecule has 7 nitrogen and oxygen atoms in total. The van der Waals surface area contributed by atoms with Crippen LogP contribution >= 0.6 is 11.3 Å². The third kappa shape index (κ3) is 5.18. The molecule has 0 saturated carbocycles. The number of fused-ring (bicyclic) bond motifs is 1. The smallest absolute Gasteiger partial charge is 0.338 e. The zero-order valence-electron chi connectivity index (χ0n) is 24.0. The zero-order valence-corrected chi connectivity index (χ0v) is 24.8. The van der Waals surface area contributed by atoms with Gasteiger partial charge in [-0.25, -0.2) is 9.79 Å². The van der Waals surface area contributed by atoms with Gasteiger partial charge in [0.2, 0.25) is 0 Å². The van der Waals surface area contributed by atoms with Gasteiger partial charge in [0, 0.05) is 24.3 Å². The molecule has 1 aromatic heterocycles. The number of ether oxygens (including phenoxy) is 2. The molecule has 42 heavy (non-hydrogen) atoms. The van der Waals surface area contributed by atoms with E-state index >= 15 is 0 Å². The molecule has 0 amide bonds. The summed E-state index contributed by atoms with van der Waals surface area (Å²) in [6, 6.07) is 22.6. The molecular formula is C34H33N3O4S. The highest BCUT2D eigenvalue weighted by Gasteiger charge is 2.35. The number of nitrogens with zero attached hydrogens (tertiary/aromatic N) is 3. The monoisotopic (exact) mass is 579 g/mol. The highest BCUT2D eigenvalue weighted by Crippen LogP contribution is 2.36. The van der Waals surface area contributed by atoms with Gasteiger partial charge in [0.05, 0.1) is 35.6 Å².